The molecule has 0 radical (unpaired) electrons. The number of amidine groups is 1. The summed E-state index contributed by atoms with van der Waals surface area (Å²) in [6.45, 7) is 13.1. The molecule has 1 aromatic carbocycles. The van der Waals surface area contributed by atoms with Crippen molar-refractivity contribution in [2.75, 3.05) is 13.1 Å². The van der Waals surface area contributed by atoms with Crippen molar-refractivity contribution < 1.29 is 4.43 Å². The maximum Gasteiger partial charge on any atom is 0.242 e. The van der Waals surface area contributed by atoms with Crippen LogP contribution in [0.3, 0.4) is 0 Å². The van der Waals surface area contributed by atoms with Gasteiger partial charge in [0.05, 0.1) is 0 Å². The fourth-order valence-corrected chi connectivity index (χ4v) is 3.25. The second-order valence-electron chi connectivity index (χ2n) is 6.54. The third kappa shape index (κ3) is 4.10. The summed E-state index contributed by atoms with van der Waals surface area (Å²) in [7, 11) is -1.61. The van der Waals surface area contributed by atoms with Gasteiger partial charge >= 0.3 is 0 Å². The highest BCUT2D eigenvalue weighted by Gasteiger charge is 2.19. The van der Waals surface area contributed by atoms with Gasteiger partial charge in [-0.2, -0.15) is 0 Å². The van der Waals surface area contributed by atoms with Crippen LogP contribution in [0, 0.1) is 6.92 Å². The Morgan fingerprint density at radius 2 is 1.85 bits per heavy atom. The minimum atomic E-state index is -1.61. The first kappa shape index (κ1) is 15.1. The van der Waals surface area contributed by atoms with Crippen molar-refractivity contribution >= 4 is 19.8 Å². The molecular weight excluding hydrogens is 264 g/mol. The number of likely N-dealkylation sites (tertiary alicyclic amines) is 1. The van der Waals surface area contributed by atoms with Gasteiger partial charge in [-0.05, 0) is 64.0 Å². The van der Waals surface area contributed by atoms with Gasteiger partial charge in [0.2, 0.25) is 8.32 Å². The van der Waals surface area contributed by atoms with Crippen molar-refractivity contribution in [3.8, 4) is 5.75 Å². The Labute approximate surface area is 123 Å². The largest absolute Gasteiger partial charge is 0.543 e. The first-order valence-electron chi connectivity index (χ1n) is 7.45. The molecule has 1 aliphatic heterocycles. The SMILES string of the molecule is CC(=Nc1cc(C)ccc1O[Si](C)(C)C)N1CCCC1. The number of hydrogen-bond acceptors (Lipinski definition) is 2. The van der Waals surface area contributed by atoms with E-state index in [0.29, 0.717) is 0 Å². The molecule has 0 atom stereocenters. The first-order valence-corrected chi connectivity index (χ1v) is 10.9. The minimum Gasteiger partial charge on any atom is -0.543 e. The summed E-state index contributed by atoms with van der Waals surface area (Å²) in [6, 6.07) is 6.28. The third-order valence-electron chi connectivity index (χ3n) is 3.38. The molecule has 3 nitrogen and oxygen atoms in total. The van der Waals surface area contributed by atoms with Gasteiger partial charge in [-0.25, -0.2) is 4.99 Å². The van der Waals surface area contributed by atoms with Crippen LogP contribution in [0.2, 0.25) is 19.6 Å². The molecule has 0 unspecified atom stereocenters. The van der Waals surface area contributed by atoms with Gasteiger partial charge in [-0.1, -0.05) is 6.07 Å². The molecule has 2 rings (SSSR count). The number of aryl methyl sites for hydroxylation is 1. The second kappa shape index (κ2) is 6.00. The third-order valence-corrected chi connectivity index (χ3v) is 4.21. The number of nitrogens with zero attached hydrogens (tertiary/aromatic N) is 2. The highest BCUT2D eigenvalue weighted by atomic mass is 28.4. The van der Waals surface area contributed by atoms with E-state index >= 15 is 0 Å². The van der Waals surface area contributed by atoms with Crippen LogP contribution < -0.4 is 4.43 Å². The van der Waals surface area contributed by atoms with Crippen LogP contribution >= 0.6 is 0 Å². The van der Waals surface area contributed by atoms with Crippen molar-refractivity contribution in [3.63, 3.8) is 0 Å². The quantitative estimate of drug-likeness (QED) is 0.469. The van der Waals surface area contributed by atoms with Crippen LogP contribution in [-0.2, 0) is 0 Å². The van der Waals surface area contributed by atoms with Gasteiger partial charge in [0.15, 0.2) is 0 Å². The van der Waals surface area contributed by atoms with E-state index < -0.39 is 8.32 Å². The van der Waals surface area contributed by atoms with Crippen LogP contribution in [0.15, 0.2) is 23.2 Å². The predicted octanol–water partition coefficient (Wildman–Crippen LogP) is 4.35. The summed E-state index contributed by atoms with van der Waals surface area (Å²) in [6.07, 6.45) is 2.55. The highest BCUT2D eigenvalue weighted by Crippen LogP contribution is 2.31. The first-order chi connectivity index (χ1) is 9.35. The fraction of sp³-hybridized carbons (Fsp3) is 0.562. The molecule has 0 amide bonds. The van der Waals surface area contributed by atoms with E-state index in [9.17, 15) is 0 Å². The molecule has 1 saturated heterocycles. The molecule has 0 N–H and O–H groups in total. The monoisotopic (exact) mass is 290 g/mol. The summed E-state index contributed by atoms with van der Waals surface area (Å²) < 4.78 is 6.16. The number of aliphatic imine (C=N–C) groups is 1. The Morgan fingerprint density at radius 3 is 2.45 bits per heavy atom. The molecule has 0 aromatic heterocycles. The molecule has 20 heavy (non-hydrogen) atoms. The lowest BCUT2D eigenvalue weighted by molar-refractivity contribution is 0.515. The Kier molecular flexibility index (Phi) is 4.53. The number of hydrogen-bond donors (Lipinski definition) is 0. The summed E-state index contributed by atoms with van der Waals surface area (Å²) in [4.78, 5) is 7.19. The molecule has 1 fully saturated rings. The summed E-state index contributed by atoms with van der Waals surface area (Å²) >= 11 is 0. The molecule has 0 saturated carbocycles. The standard InChI is InChI=1S/C16H26N2OSi/c1-13-8-9-16(19-20(3,4)5)15(12-13)17-14(2)18-10-6-7-11-18/h8-9,12H,6-7,10-11H2,1-5H3. The molecule has 0 bridgehead atoms. The molecular formula is C16H26N2OSi. The second-order valence-corrected chi connectivity index (χ2v) is 11.0. The van der Waals surface area contributed by atoms with Gasteiger partial charge in [-0.15, -0.1) is 0 Å². The van der Waals surface area contributed by atoms with Crippen LogP contribution in [0.4, 0.5) is 5.69 Å². The molecule has 110 valence electrons. The van der Waals surface area contributed by atoms with Crippen LogP contribution in [0.5, 0.6) is 5.75 Å². The van der Waals surface area contributed by atoms with E-state index in [2.05, 4.69) is 56.6 Å². The van der Waals surface area contributed by atoms with Crippen molar-refractivity contribution in [3.05, 3.63) is 23.8 Å². The fourth-order valence-electron chi connectivity index (χ4n) is 2.42. The van der Waals surface area contributed by atoms with Crippen molar-refractivity contribution in [2.45, 2.75) is 46.3 Å². The van der Waals surface area contributed by atoms with E-state index in [4.69, 9.17) is 9.42 Å². The van der Waals surface area contributed by atoms with E-state index in [1.165, 1.54) is 18.4 Å². The number of benzene rings is 1. The smallest absolute Gasteiger partial charge is 0.242 e. The molecule has 0 aliphatic carbocycles. The molecule has 4 heteroatoms. The predicted molar refractivity (Wildman–Crippen MR) is 88.7 cm³/mol. The summed E-state index contributed by atoms with van der Waals surface area (Å²) in [5.74, 6) is 2.03. The van der Waals surface area contributed by atoms with Gasteiger partial charge in [0.25, 0.3) is 0 Å². The minimum absolute atomic E-state index is 0.924. The Morgan fingerprint density at radius 1 is 1.20 bits per heavy atom. The highest BCUT2D eigenvalue weighted by molar-refractivity contribution is 6.70. The van der Waals surface area contributed by atoms with E-state index in [1.54, 1.807) is 0 Å². The maximum atomic E-state index is 6.16. The lowest BCUT2D eigenvalue weighted by Crippen LogP contribution is -2.29. The van der Waals surface area contributed by atoms with Gasteiger partial charge in [0.1, 0.15) is 17.3 Å². The Balaban J connectivity index is 2.29. The zero-order valence-corrected chi connectivity index (χ0v) is 14.4. The summed E-state index contributed by atoms with van der Waals surface area (Å²) in [5, 5.41) is 0. The molecule has 1 heterocycles. The van der Waals surface area contributed by atoms with E-state index in [0.717, 1.165) is 30.4 Å². The maximum absolute atomic E-state index is 6.16. The van der Waals surface area contributed by atoms with Gasteiger partial charge < -0.3 is 9.33 Å². The average Bonchev–Trinajstić information content (AvgIpc) is 2.85. The zero-order valence-electron chi connectivity index (χ0n) is 13.4. The topological polar surface area (TPSA) is 24.8 Å². The van der Waals surface area contributed by atoms with Crippen molar-refractivity contribution in [1.29, 1.82) is 0 Å². The Hall–Kier alpha value is -1.29. The van der Waals surface area contributed by atoms with Gasteiger partial charge in [0, 0.05) is 13.1 Å². The zero-order chi connectivity index (χ0) is 14.8. The van der Waals surface area contributed by atoms with Crippen LogP contribution in [0.1, 0.15) is 25.3 Å². The number of rotatable bonds is 3. The van der Waals surface area contributed by atoms with Crippen LogP contribution in [0.25, 0.3) is 0 Å². The Bertz CT molecular complexity index is 500. The average molecular weight is 290 g/mol. The van der Waals surface area contributed by atoms with E-state index in [1.807, 2.05) is 0 Å². The summed E-state index contributed by atoms with van der Waals surface area (Å²) in [5.41, 5.74) is 2.19. The van der Waals surface area contributed by atoms with Crippen LogP contribution in [-0.4, -0.2) is 32.1 Å². The molecule has 1 aromatic rings. The molecule has 0 spiro atoms. The molecule has 1 aliphatic rings. The lowest BCUT2D eigenvalue weighted by atomic mass is 10.2. The van der Waals surface area contributed by atoms with E-state index in [-0.39, 0.29) is 0 Å². The van der Waals surface area contributed by atoms with Gasteiger partial charge in [-0.3, -0.25) is 0 Å². The van der Waals surface area contributed by atoms with Crippen molar-refractivity contribution in [2.24, 2.45) is 4.99 Å². The normalized spacial score (nSPS) is 16.6. The lowest BCUT2D eigenvalue weighted by Gasteiger charge is -2.22. The van der Waals surface area contributed by atoms with Crippen molar-refractivity contribution in [1.82, 2.24) is 4.90 Å².